The second kappa shape index (κ2) is 11.6. The summed E-state index contributed by atoms with van der Waals surface area (Å²) in [5, 5.41) is 12.4. The second-order valence-corrected chi connectivity index (χ2v) is 8.72. The minimum atomic E-state index is -0.538. The number of aromatic hydroxyl groups is 1. The fourth-order valence-electron chi connectivity index (χ4n) is 4.52. The van der Waals surface area contributed by atoms with Crippen molar-refractivity contribution in [2.75, 3.05) is 20.8 Å². The Balaban J connectivity index is 1.26. The average Bonchev–Trinajstić information content (AvgIpc) is 3.21. The summed E-state index contributed by atoms with van der Waals surface area (Å²) < 4.78 is 17.6. The maximum Gasteiger partial charge on any atom is 0.338 e. The molecule has 36 heavy (non-hydrogen) atoms. The molecule has 0 atom stereocenters. The third-order valence-corrected chi connectivity index (χ3v) is 6.30. The van der Waals surface area contributed by atoms with Crippen molar-refractivity contribution in [3.63, 3.8) is 0 Å². The highest BCUT2D eigenvalue weighted by Crippen LogP contribution is 2.31. The molecule has 0 saturated carbocycles. The van der Waals surface area contributed by atoms with Crippen LogP contribution < -0.4 is 4.74 Å². The van der Waals surface area contributed by atoms with Gasteiger partial charge in [-0.3, -0.25) is 0 Å². The number of aryl methyl sites for hydroxylation is 1. The van der Waals surface area contributed by atoms with E-state index in [-0.39, 0.29) is 16.9 Å². The largest absolute Gasteiger partial charge is 0.508 e. The number of benzene rings is 3. The lowest BCUT2D eigenvalue weighted by Gasteiger charge is -2.10. The fourth-order valence-corrected chi connectivity index (χ4v) is 4.52. The number of aromatic nitrogens is 1. The summed E-state index contributed by atoms with van der Waals surface area (Å²) in [5.41, 5.74) is 2.74. The molecule has 0 bridgehead atoms. The van der Waals surface area contributed by atoms with Crippen molar-refractivity contribution in [3.8, 4) is 11.5 Å². The van der Waals surface area contributed by atoms with E-state index in [1.807, 2.05) is 24.3 Å². The number of rotatable bonds is 11. The quantitative estimate of drug-likeness (QED) is 0.202. The predicted octanol–water partition coefficient (Wildman–Crippen LogP) is 6.10. The van der Waals surface area contributed by atoms with E-state index in [0.29, 0.717) is 12.4 Å². The summed E-state index contributed by atoms with van der Waals surface area (Å²) in [5.74, 6) is -0.358. The first-order chi connectivity index (χ1) is 17.5. The van der Waals surface area contributed by atoms with Crippen LogP contribution in [-0.2, 0) is 16.0 Å². The Morgan fingerprint density at radius 1 is 0.750 bits per heavy atom. The van der Waals surface area contributed by atoms with Crippen LogP contribution in [0.15, 0.2) is 60.7 Å². The van der Waals surface area contributed by atoms with Gasteiger partial charge in [0.1, 0.15) is 11.5 Å². The van der Waals surface area contributed by atoms with Gasteiger partial charge in [0.25, 0.3) is 0 Å². The van der Waals surface area contributed by atoms with E-state index >= 15 is 0 Å². The molecule has 4 rings (SSSR count). The second-order valence-electron chi connectivity index (χ2n) is 8.72. The van der Waals surface area contributed by atoms with Gasteiger partial charge in [-0.2, -0.15) is 0 Å². The van der Waals surface area contributed by atoms with Crippen LogP contribution in [0.25, 0.3) is 21.8 Å². The Kier molecular flexibility index (Phi) is 8.10. The van der Waals surface area contributed by atoms with Gasteiger partial charge in [-0.15, -0.1) is 0 Å². The van der Waals surface area contributed by atoms with Crippen molar-refractivity contribution in [1.29, 1.82) is 0 Å². The lowest BCUT2D eigenvalue weighted by atomic mass is 10.1. The smallest absolute Gasteiger partial charge is 0.338 e. The highest BCUT2D eigenvalue weighted by molar-refractivity contribution is 6.08. The lowest BCUT2D eigenvalue weighted by Crippen LogP contribution is -2.08. The SMILES string of the molecule is COC(=O)c1cc(OCCCCCCCn2c3ccccc3c3ccc(O)cc32)cc(C(=O)OC)c1. The number of methoxy groups -OCH3 is 2. The summed E-state index contributed by atoms with van der Waals surface area (Å²) in [7, 11) is 2.58. The van der Waals surface area contributed by atoms with E-state index < -0.39 is 11.9 Å². The molecule has 188 valence electrons. The monoisotopic (exact) mass is 489 g/mol. The highest BCUT2D eigenvalue weighted by atomic mass is 16.5. The van der Waals surface area contributed by atoms with Gasteiger partial charge in [0.2, 0.25) is 0 Å². The number of carbonyl (C=O) groups excluding carboxylic acids is 2. The van der Waals surface area contributed by atoms with Crippen LogP contribution in [0.3, 0.4) is 0 Å². The molecule has 3 aromatic carbocycles. The Bertz CT molecular complexity index is 1340. The van der Waals surface area contributed by atoms with Crippen molar-refractivity contribution >= 4 is 33.7 Å². The molecule has 0 aliphatic carbocycles. The normalized spacial score (nSPS) is 11.1. The number of fused-ring (bicyclic) bond motifs is 3. The Labute approximate surface area is 210 Å². The first-order valence-corrected chi connectivity index (χ1v) is 12.2. The van der Waals surface area contributed by atoms with E-state index in [2.05, 4.69) is 16.7 Å². The van der Waals surface area contributed by atoms with Crippen LogP contribution in [0.1, 0.15) is 52.8 Å². The molecule has 0 radical (unpaired) electrons. The molecule has 1 heterocycles. The molecule has 0 saturated heterocycles. The number of hydrogen-bond acceptors (Lipinski definition) is 6. The van der Waals surface area contributed by atoms with Crippen LogP contribution >= 0.6 is 0 Å². The van der Waals surface area contributed by atoms with Crippen molar-refractivity contribution in [2.24, 2.45) is 0 Å². The third kappa shape index (κ3) is 5.62. The Morgan fingerprint density at radius 2 is 1.39 bits per heavy atom. The zero-order valence-electron chi connectivity index (χ0n) is 20.7. The van der Waals surface area contributed by atoms with Gasteiger partial charge in [-0.05, 0) is 49.2 Å². The molecule has 7 heteroatoms. The number of nitrogens with zero attached hydrogens (tertiary/aromatic N) is 1. The van der Waals surface area contributed by atoms with Crippen molar-refractivity contribution in [3.05, 3.63) is 71.8 Å². The van der Waals surface area contributed by atoms with E-state index in [1.54, 1.807) is 18.2 Å². The van der Waals surface area contributed by atoms with Gasteiger partial charge in [0.15, 0.2) is 0 Å². The molecular weight excluding hydrogens is 458 g/mol. The molecule has 0 amide bonds. The highest BCUT2D eigenvalue weighted by Gasteiger charge is 2.14. The molecule has 0 aliphatic heterocycles. The van der Waals surface area contributed by atoms with Crippen LogP contribution in [0.2, 0.25) is 0 Å². The topological polar surface area (TPSA) is 87.0 Å². The summed E-state index contributed by atoms with van der Waals surface area (Å²) in [6.07, 6.45) is 5.06. The zero-order chi connectivity index (χ0) is 25.5. The van der Waals surface area contributed by atoms with Gasteiger partial charge in [0, 0.05) is 28.9 Å². The van der Waals surface area contributed by atoms with Crippen molar-refractivity contribution in [2.45, 2.75) is 38.6 Å². The number of ether oxygens (including phenoxy) is 3. The first-order valence-electron chi connectivity index (χ1n) is 12.2. The molecule has 1 N–H and O–H groups in total. The van der Waals surface area contributed by atoms with Crippen LogP contribution in [0, 0.1) is 0 Å². The minimum absolute atomic E-state index is 0.244. The first kappa shape index (κ1) is 25.1. The number of phenolic OH excluding ortho intramolecular Hbond substituents is 1. The Hall–Kier alpha value is -4.00. The maximum absolute atomic E-state index is 11.9. The zero-order valence-corrected chi connectivity index (χ0v) is 20.7. The Morgan fingerprint density at radius 3 is 2.11 bits per heavy atom. The molecular formula is C29H31NO6. The van der Waals surface area contributed by atoms with Gasteiger partial charge in [0.05, 0.1) is 37.5 Å². The number of esters is 2. The molecule has 7 nitrogen and oxygen atoms in total. The van der Waals surface area contributed by atoms with Gasteiger partial charge in [-0.1, -0.05) is 37.5 Å². The molecule has 4 aromatic rings. The standard InChI is InChI=1S/C29H31NO6/c1-34-28(32)20-16-21(29(33)35-2)18-23(17-20)36-15-9-5-3-4-8-14-30-26-11-7-6-10-24(26)25-13-12-22(31)19-27(25)30/h6-7,10-13,16-19,31H,3-5,8-9,14-15H2,1-2H3. The van der Waals surface area contributed by atoms with E-state index in [0.717, 1.165) is 49.6 Å². The number of carbonyl (C=O) groups is 2. The fraction of sp³-hybridized carbons (Fsp3) is 0.310. The van der Waals surface area contributed by atoms with Gasteiger partial charge < -0.3 is 23.9 Å². The van der Waals surface area contributed by atoms with Crippen molar-refractivity contribution < 1.29 is 28.9 Å². The van der Waals surface area contributed by atoms with Gasteiger partial charge in [-0.25, -0.2) is 9.59 Å². The average molecular weight is 490 g/mol. The van der Waals surface area contributed by atoms with E-state index in [9.17, 15) is 14.7 Å². The number of hydrogen-bond donors (Lipinski definition) is 1. The number of unbranched alkanes of at least 4 members (excludes halogenated alkanes) is 4. The molecule has 1 aromatic heterocycles. The van der Waals surface area contributed by atoms with Crippen LogP contribution in [-0.4, -0.2) is 42.4 Å². The summed E-state index contributed by atoms with van der Waals surface area (Å²) >= 11 is 0. The molecule has 0 unspecified atom stereocenters. The van der Waals surface area contributed by atoms with Crippen molar-refractivity contribution in [1.82, 2.24) is 4.57 Å². The third-order valence-electron chi connectivity index (χ3n) is 6.30. The predicted molar refractivity (Wildman–Crippen MR) is 139 cm³/mol. The summed E-state index contributed by atoms with van der Waals surface area (Å²) in [6, 6.07) is 18.5. The maximum atomic E-state index is 11.9. The van der Waals surface area contributed by atoms with Crippen LogP contribution in [0.4, 0.5) is 0 Å². The van der Waals surface area contributed by atoms with Gasteiger partial charge >= 0.3 is 11.9 Å². The molecule has 0 fully saturated rings. The molecule has 0 spiro atoms. The van der Waals surface area contributed by atoms with E-state index in [1.165, 1.54) is 31.2 Å². The summed E-state index contributed by atoms with van der Waals surface area (Å²) in [4.78, 5) is 23.8. The number of para-hydroxylation sites is 1. The summed E-state index contributed by atoms with van der Waals surface area (Å²) in [6.45, 7) is 1.37. The minimum Gasteiger partial charge on any atom is -0.508 e. The lowest BCUT2D eigenvalue weighted by molar-refractivity contribution is 0.0598. The molecule has 0 aliphatic rings. The number of phenols is 1. The van der Waals surface area contributed by atoms with Crippen LogP contribution in [0.5, 0.6) is 11.5 Å². The van der Waals surface area contributed by atoms with E-state index in [4.69, 9.17) is 14.2 Å².